The van der Waals surface area contributed by atoms with Crippen LogP contribution in [0.15, 0.2) is 85.2 Å². The van der Waals surface area contributed by atoms with Crippen molar-refractivity contribution in [1.82, 2.24) is 9.97 Å². The van der Waals surface area contributed by atoms with Crippen LogP contribution in [0, 0.1) is 11.8 Å². The van der Waals surface area contributed by atoms with Gasteiger partial charge in [-0.05, 0) is 48.5 Å². The summed E-state index contributed by atoms with van der Waals surface area (Å²) in [5.74, 6) is 6.29. The van der Waals surface area contributed by atoms with Crippen molar-refractivity contribution < 1.29 is 19.1 Å². The number of pyridine rings is 2. The average Bonchev–Trinajstić information content (AvgIpc) is 2.92. The van der Waals surface area contributed by atoms with Gasteiger partial charge in [-0.3, -0.25) is 10.3 Å². The Morgan fingerprint density at radius 3 is 2.36 bits per heavy atom. The molecule has 178 valence electrons. The fourth-order valence-corrected chi connectivity index (χ4v) is 3.30. The third-order valence-corrected chi connectivity index (χ3v) is 5.04. The molecule has 2 N–H and O–H groups in total. The number of aromatic nitrogens is 2. The number of carbonyl (C=O) groups is 2. The maximum absolute atomic E-state index is 12.6. The average molecular weight is 479 g/mol. The first-order valence-electron chi connectivity index (χ1n) is 10.9. The van der Waals surface area contributed by atoms with Crippen LogP contribution < -0.4 is 15.4 Å². The highest BCUT2D eigenvalue weighted by atomic mass is 16.5. The van der Waals surface area contributed by atoms with E-state index in [0.29, 0.717) is 17.1 Å². The molecule has 0 saturated carbocycles. The van der Waals surface area contributed by atoms with Gasteiger partial charge < -0.3 is 14.8 Å². The Balaban J connectivity index is 1.58. The van der Waals surface area contributed by atoms with Gasteiger partial charge in [0.2, 0.25) is 0 Å². The summed E-state index contributed by atoms with van der Waals surface area (Å²) in [4.78, 5) is 33.5. The molecule has 8 nitrogen and oxygen atoms in total. The second-order valence-corrected chi connectivity index (χ2v) is 7.47. The monoisotopic (exact) mass is 478 g/mol. The summed E-state index contributed by atoms with van der Waals surface area (Å²) < 4.78 is 10.1. The van der Waals surface area contributed by atoms with Gasteiger partial charge in [0.25, 0.3) is 0 Å². The Morgan fingerprint density at radius 2 is 1.64 bits per heavy atom. The van der Waals surface area contributed by atoms with Gasteiger partial charge in [0, 0.05) is 29.1 Å². The fraction of sp³-hybridized carbons (Fsp3) is 0.0714. The van der Waals surface area contributed by atoms with Gasteiger partial charge in [-0.25, -0.2) is 14.6 Å². The Labute approximate surface area is 208 Å². The normalized spacial score (nSPS) is 9.94. The molecule has 0 aliphatic heterocycles. The van der Waals surface area contributed by atoms with E-state index in [4.69, 9.17) is 9.47 Å². The Morgan fingerprint density at radius 1 is 0.861 bits per heavy atom. The van der Waals surface area contributed by atoms with Crippen LogP contribution >= 0.6 is 0 Å². The van der Waals surface area contributed by atoms with Crippen molar-refractivity contribution in [1.29, 1.82) is 0 Å². The van der Waals surface area contributed by atoms with Crippen LogP contribution in [-0.2, 0) is 4.74 Å². The van der Waals surface area contributed by atoms with E-state index in [2.05, 4.69) is 32.4 Å². The lowest BCUT2D eigenvalue weighted by atomic mass is 10.1. The molecule has 2 heterocycles. The maximum Gasteiger partial charge on any atom is 0.338 e. The standard InChI is InChI=1S/C28H22N4O4/c1-35-25-8-4-3-7-23(25)31-28(34)32-26-17-22(27(33)36-2)16-24(30-26)21-13-11-19(12-14-21)9-10-20-6-5-15-29-18-20/h3-8,11-18H,1-2H3,(H2,30,31,32,34). The molecule has 0 radical (unpaired) electrons. The van der Waals surface area contributed by atoms with Crippen LogP contribution in [0.5, 0.6) is 5.75 Å². The number of benzene rings is 2. The zero-order chi connectivity index (χ0) is 25.3. The van der Waals surface area contributed by atoms with Crippen LogP contribution in [0.4, 0.5) is 16.3 Å². The quantitative estimate of drug-likeness (QED) is 0.310. The molecule has 4 aromatic rings. The molecule has 0 saturated heterocycles. The van der Waals surface area contributed by atoms with E-state index in [1.807, 2.05) is 36.4 Å². The van der Waals surface area contributed by atoms with Gasteiger partial charge in [-0.1, -0.05) is 36.1 Å². The predicted octanol–water partition coefficient (Wildman–Crippen LogP) is 4.98. The van der Waals surface area contributed by atoms with Crippen molar-refractivity contribution in [2.75, 3.05) is 24.9 Å². The lowest BCUT2D eigenvalue weighted by Gasteiger charge is -2.12. The van der Waals surface area contributed by atoms with E-state index >= 15 is 0 Å². The molecular formula is C28H22N4O4. The first kappa shape index (κ1) is 24.0. The first-order valence-corrected chi connectivity index (χ1v) is 10.9. The third-order valence-electron chi connectivity index (χ3n) is 5.04. The molecule has 0 bridgehead atoms. The van der Waals surface area contributed by atoms with Gasteiger partial charge >= 0.3 is 12.0 Å². The molecule has 0 aliphatic carbocycles. The van der Waals surface area contributed by atoms with Crippen molar-refractivity contribution in [3.63, 3.8) is 0 Å². The summed E-state index contributed by atoms with van der Waals surface area (Å²) in [5.41, 5.74) is 3.58. The number of nitrogens with one attached hydrogen (secondary N) is 2. The molecule has 2 amide bonds. The van der Waals surface area contributed by atoms with E-state index in [0.717, 1.165) is 16.7 Å². The van der Waals surface area contributed by atoms with E-state index in [-0.39, 0.29) is 11.4 Å². The van der Waals surface area contributed by atoms with Crippen LogP contribution in [0.3, 0.4) is 0 Å². The summed E-state index contributed by atoms with van der Waals surface area (Å²) in [5, 5.41) is 5.38. The van der Waals surface area contributed by atoms with E-state index in [1.54, 1.807) is 42.7 Å². The van der Waals surface area contributed by atoms with Crippen LogP contribution in [0.1, 0.15) is 21.5 Å². The summed E-state index contributed by atoms with van der Waals surface area (Å²) in [7, 11) is 2.81. The van der Waals surface area contributed by atoms with Crippen molar-refractivity contribution in [2.24, 2.45) is 0 Å². The van der Waals surface area contributed by atoms with E-state index in [1.165, 1.54) is 20.3 Å². The molecule has 8 heteroatoms. The number of amides is 2. The van der Waals surface area contributed by atoms with Gasteiger partial charge in [-0.2, -0.15) is 0 Å². The van der Waals surface area contributed by atoms with Crippen LogP contribution in [0.25, 0.3) is 11.3 Å². The smallest absolute Gasteiger partial charge is 0.338 e. The van der Waals surface area contributed by atoms with Crippen molar-refractivity contribution in [2.45, 2.75) is 0 Å². The second-order valence-electron chi connectivity index (χ2n) is 7.47. The predicted molar refractivity (Wildman–Crippen MR) is 137 cm³/mol. The molecule has 0 spiro atoms. The highest BCUT2D eigenvalue weighted by molar-refractivity contribution is 6.01. The molecule has 4 rings (SSSR count). The number of methoxy groups -OCH3 is 2. The molecule has 0 aliphatic rings. The number of anilines is 2. The van der Waals surface area contributed by atoms with Crippen molar-refractivity contribution in [3.05, 3.63) is 102 Å². The SMILES string of the molecule is COC(=O)c1cc(NC(=O)Nc2ccccc2OC)nc(-c2ccc(C#Cc3cccnc3)cc2)c1. The van der Waals surface area contributed by atoms with Gasteiger partial charge in [0.15, 0.2) is 0 Å². The molecule has 2 aromatic heterocycles. The molecule has 36 heavy (non-hydrogen) atoms. The summed E-state index contributed by atoms with van der Waals surface area (Å²) in [6.45, 7) is 0. The number of urea groups is 1. The summed E-state index contributed by atoms with van der Waals surface area (Å²) >= 11 is 0. The topological polar surface area (TPSA) is 102 Å². The van der Waals surface area contributed by atoms with Gasteiger partial charge in [0.1, 0.15) is 11.6 Å². The molecule has 0 fully saturated rings. The minimum Gasteiger partial charge on any atom is -0.495 e. The van der Waals surface area contributed by atoms with Crippen LogP contribution in [0.2, 0.25) is 0 Å². The Hall–Kier alpha value is -5.16. The van der Waals surface area contributed by atoms with Crippen molar-refractivity contribution >= 4 is 23.5 Å². The number of carbonyl (C=O) groups excluding carboxylic acids is 2. The largest absolute Gasteiger partial charge is 0.495 e. The number of para-hydroxylation sites is 2. The zero-order valence-electron chi connectivity index (χ0n) is 19.6. The molecular weight excluding hydrogens is 456 g/mol. The highest BCUT2D eigenvalue weighted by Crippen LogP contribution is 2.25. The van der Waals surface area contributed by atoms with Gasteiger partial charge in [-0.15, -0.1) is 0 Å². The highest BCUT2D eigenvalue weighted by Gasteiger charge is 2.14. The summed E-state index contributed by atoms with van der Waals surface area (Å²) in [6, 6.07) is 20.6. The summed E-state index contributed by atoms with van der Waals surface area (Å²) in [6.07, 6.45) is 3.39. The molecule has 0 unspecified atom stereocenters. The van der Waals surface area contributed by atoms with E-state index in [9.17, 15) is 9.59 Å². The number of rotatable bonds is 5. The minimum absolute atomic E-state index is 0.181. The third kappa shape index (κ3) is 6.04. The minimum atomic E-state index is -0.550. The number of nitrogens with zero attached hydrogens (tertiary/aromatic N) is 2. The molecule has 2 aromatic carbocycles. The number of hydrogen-bond donors (Lipinski definition) is 2. The Bertz CT molecular complexity index is 1440. The zero-order valence-corrected chi connectivity index (χ0v) is 19.6. The maximum atomic E-state index is 12.6. The lowest BCUT2D eigenvalue weighted by Crippen LogP contribution is -2.21. The Kier molecular flexibility index (Phi) is 7.54. The lowest BCUT2D eigenvalue weighted by molar-refractivity contribution is 0.0600. The number of hydrogen-bond acceptors (Lipinski definition) is 6. The number of ether oxygens (including phenoxy) is 2. The number of esters is 1. The van der Waals surface area contributed by atoms with Crippen LogP contribution in [-0.4, -0.2) is 36.2 Å². The fourth-order valence-electron chi connectivity index (χ4n) is 3.30. The molecule has 0 atom stereocenters. The van der Waals surface area contributed by atoms with Crippen molar-refractivity contribution in [3.8, 4) is 28.8 Å². The van der Waals surface area contributed by atoms with Gasteiger partial charge in [0.05, 0.1) is 31.2 Å². The first-order chi connectivity index (χ1) is 17.6. The second kappa shape index (κ2) is 11.3. The van der Waals surface area contributed by atoms with E-state index < -0.39 is 12.0 Å².